The first-order valence-corrected chi connectivity index (χ1v) is 9.64. The number of anilines is 1. The monoisotopic (exact) mass is 411 g/mol. The molecule has 26 heavy (non-hydrogen) atoms. The average molecular weight is 413 g/mol. The Balaban J connectivity index is 1.62. The number of halogens is 3. The van der Waals surface area contributed by atoms with Crippen molar-refractivity contribution in [3.05, 3.63) is 45.0 Å². The van der Waals surface area contributed by atoms with Crippen molar-refractivity contribution >= 4 is 52.4 Å². The van der Waals surface area contributed by atoms with Crippen LogP contribution >= 0.6 is 34.8 Å². The second-order valence-corrected chi connectivity index (χ2v) is 7.99. The van der Waals surface area contributed by atoms with E-state index in [4.69, 9.17) is 34.8 Å². The number of carbonyl (C=O) groups excluding carboxylic acids is 2. The van der Waals surface area contributed by atoms with Gasteiger partial charge in [-0.1, -0.05) is 53.7 Å². The summed E-state index contributed by atoms with van der Waals surface area (Å²) in [5.74, 6) is -0.625. The Morgan fingerprint density at radius 1 is 1.00 bits per heavy atom. The summed E-state index contributed by atoms with van der Waals surface area (Å²) in [7, 11) is 0. The maximum atomic E-state index is 12.7. The van der Waals surface area contributed by atoms with Crippen LogP contribution in [0.3, 0.4) is 0 Å². The van der Waals surface area contributed by atoms with Crippen molar-refractivity contribution in [3.8, 4) is 0 Å². The molecule has 1 aliphatic heterocycles. The molecule has 4 rings (SSSR count). The average Bonchev–Trinajstić information content (AvgIpc) is 3.08. The normalized spacial score (nSPS) is 22.8. The van der Waals surface area contributed by atoms with Crippen LogP contribution in [0.4, 0.5) is 5.82 Å². The van der Waals surface area contributed by atoms with Crippen LogP contribution < -0.4 is 4.90 Å². The van der Waals surface area contributed by atoms with Crippen molar-refractivity contribution in [1.82, 2.24) is 9.78 Å². The number of imide groups is 1. The summed E-state index contributed by atoms with van der Waals surface area (Å²) in [4.78, 5) is 26.6. The standard InChI is InChI=1S/C18H16Cl3N3O2/c19-11-6-5-10(14(20)7-11)8-23-9-15(21)16(22-23)24-17(25)12-3-1-2-4-13(12)18(24)26/h5-7,9,12-13H,1-4,8H2. The van der Waals surface area contributed by atoms with Crippen molar-refractivity contribution in [2.24, 2.45) is 11.8 Å². The van der Waals surface area contributed by atoms with E-state index in [1.165, 1.54) is 4.90 Å². The first-order chi connectivity index (χ1) is 12.5. The summed E-state index contributed by atoms with van der Waals surface area (Å²) >= 11 is 18.4. The predicted molar refractivity (Wildman–Crippen MR) is 101 cm³/mol. The molecule has 1 aromatic carbocycles. The highest BCUT2D eigenvalue weighted by molar-refractivity contribution is 6.36. The molecule has 136 valence electrons. The van der Waals surface area contributed by atoms with Crippen LogP contribution in [0.15, 0.2) is 24.4 Å². The van der Waals surface area contributed by atoms with Gasteiger partial charge in [0.15, 0.2) is 5.82 Å². The van der Waals surface area contributed by atoms with Crippen molar-refractivity contribution in [2.75, 3.05) is 4.90 Å². The molecule has 2 unspecified atom stereocenters. The fraction of sp³-hybridized carbons (Fsp3) is 0.389. The lowest BCUT2D eigenvalue weighted by molar-refractivity contribution is -0.122. The van der Waals surface area contributed by atoms with Crippen LogP contribution in [-0.4, -0.2) is 21.6 Å². The number of hydrogen-bond donors (Lipinski definition) is 0. The molecule has 0 bridgehead atoms. The minimum atomic E-state index is -0.233. The Kier molecular flexibility index (Phi) is 4.71. The number of nitrogens with zero attached hydrogens (tertiary/aromatic N) is 3. The first kappa shape index (κ1) is 17.8. The lowest BCUT2D eigenvalue weighted by Crippen LogP contribution is -2.31. The van der Waals surface area contributed by atoms with E-state index in [1.54, 1.807) is 29.1 Å². The smallest absolute Gasteiger partial charge is 0.238 e. The van der Waals surface area contributed by atoms with Gasteiger partial charge in [-0.05, 0) is 30.5 Å². The number of carbonyl (C=O) groups is 2. The molecular formula is C18H16Cl3N3O2. The summed E-state index contributed by atoms with van der Waals surface area (Å²) in [5.41, 5.74) is 0.814. The highest BCUT2D eigenvalue weighted by atomic mass is 35.5. The van der Waals surface area contributed by atoms with Crippen molar-refractivity contribution < 1.29 is 9.59 Å². The third-order valence-corrected chi connectivity index (χ3v) is 5.95. The van der Waals surface area contributed by atoms with Gasteiger partial charge in [0.1, 0.15) is 5.02 Å². The van der Waals surface area contributed by atoms with Crippen molar-refractivity contribution in [1.29, 1.82) is 0 Å². The molecule has 5 nitrogen and oxygen atoms in total. The maximum absolute atomic E-state index is 12.7. The predicted octanol–water partition coefficient (Wildman–Crippen LogP) is 4.57. The quantitative estimate of drug-likeness (QED) is 0.694. The van der Waals surface area contributed by atoms with E-state index in [9.17, 15) is 9.59 Å². The number of rotatable bonds is 3. The minimum absolute atomic E-state index is 0.184. The van der Waals surface area contributed by atoms with Gasteiger partial charge in [0.05, 0.1) is 18.4 Å². The summed E-state index contributed by atoms with van der Waals surface area (Å²) in [5, 5.41) is 5.73. The number of hydrogen-bond acceptors (Lipinski definition) is 3. The number of fused-ring (bicyclic) bond motifs is 1. The summed E-state index contributed by atoms with van der Waals surface area (Å²) in [6.07, 6.45) is 5.07. The Bertz CT molecular complexity index is 872. The summed E-state index contributed by atoms with van der Waals surface area (Å²) in [6.45, 7) is 0.360. The molecule has 0 radical (unpaired) electrons. The Morgan fingerprint density at radius 3 is 2.27 bits per heavy atom. The maximum Gasteiger partial charge on any atom is 0.238 e. The van der Waals surface area contributed by atoms with Gasteiger partial charge in [-0.15, -0.1) is 0 Å². The molecule has 1 aliphatic carbocycles. The summed E-state index contributed by atoms with van der Waals surface area (Å²) in [6, 6.07) is 5.20. The Labute approximate surface area is 165 Å². The number of aromatic nitrogens is 2. The van der Waals surface area contributed by atoms with E-state index >= 15 is 0 Å². The van der Waals surface area contributed by atoms with Gasteiger partial charge in [-0.2, -0.15) is 5.10 Å². The first-order valence-electron chi connectivity index (χ1n) is 8.50. The van der Waals surface area contributed by atoms with E-state index in [1.807, 2.05) is 0 Å². The molecular weight excluding hydrogens is 397 g/mol. The Hall–Kier alpha value is -1.56. The van der Waals surface area contributed by atoms with E-state index in [0.717, 1.165) is 31.2 Å². The van der Waals surface area contributed by atoms with Crippen LogP contribution in [-0.2, 0) is 16.1 Å². The zero-order valence-electron chi connectivity index (χ0n) is 13.8. The number of amides is 2. The lowest BCUT2D eigenvalue weighted by Gasteiger charge is -2.19. The SMILES string of the molecule is O=C1C2CCCCC2C(=O)N1c1nn(Cc2ccc(Cl)cc2Cl)cc1Cl. The van der Waals surface area contributed by atoms with Crippen LogP contribution in [0.1, 0.15) is 31.2 Å². The molecule has 0 N–H and O–H groups in total. The second kappa shape index (κ2) is 6.87. The molecule has 1 aromatic heterocycles. The molecule has 2 aromatic rings. The van der Waals surface area contributed by atoms with Gasteiger partial charge in [0, 0.05) is 16.2 Å². The highest BCUT2D eigenvalue weighted by Gasteiger charge is 2.50. The molecule has 2 amide bonds. The van der Waals surface area contributed by atoms with Gasteiger partial charge in [0.25, 0.3) is 0 Å². The van der Waals surface area contributed by atoms with Crippen molar-refractivity contribution in [3.63, 3.8) is 0 Å². The van der Waals surface area contributed by atoms with E-state index in [0.29, 0.717) is 16.6 Å². The molecule has 2 atom stereocenters. The molecule has 2 heterocycles. The second-order valence-electron chi connectivity index (χ2n) is 6.74. The van der Waals surface area contributed by atoms with Crippen LogP contribution in [0.25, 0.3) is 0 Å². The van der Waals surface area contributed by atoms with Crippen molar-refractivity contribution in [2.45, 2.75) is 32.2 Å². The Morgan fingerprint density at radius 2 is 1.65 bits per heavy atom. The zero-order valence-corrected chi connectivity index (χ0v) is 16.1. The van der Waals surface area contributed by atoms with E-state index in [2.05, 4.69) is 5.10 Å². The van der Waals surface area contributed by atoms with Crippen LogP contribution in [0, 0.1) is 11.8 Å². The number of benzene rings is 1. The third kappa shape index (κ3) is 3.02. The molecule has 1 saturated carbocycles. The topological polar surface area (TPSA) is 55.2 Å². The molecule has 0 spiro atoms. The summed E-state index contributed by atoms with van der Waals surface area (Å²) < 4.78 is 1.58. The van der Waals surface area contributed by atoms with E-state index in [-0.39, 0.29) is 34.5 Å². The zero-order chi connectivity index (χ0) is 18.4. The third-order valence-electron chi connectivity index (χ3n) is 5.10. The minimum Gasteiger partial charge on any atom is -0.274 e. The highest BCUT2D eigenvalue weighted by Crippen LogP contribution is 2.41. The van der Waals surface area contributed by atoms with Gasteiger partial charge in [-0.25, -0.2) is 4.90 Å². The molecule has 8 heteroatoms. The van der Waals surface area contributed by atoms with Gasteiger partial charge in [-0.3, -0.25) is 14.3 Å². The van der Waals surface area contributed by atoms with Crippen LogP contribution in [0.2, 0.25) is 15.1 Å². The lowest BCUT2D eigenvalue weighted by atomic mass is 9.81. The fourth-order valence-corrected chi connectivity index (χ4v) is 4.52. The van der Waals surface area contributed by atoms with Gasteiger partial charge < -0.3 is 0 Å². The molecule has 2 fully saturated rings. The van der Waals surface area contributed by atoms with Gasteiger partial charge in [0.2, 0.25) is 11.8 Å². The largest absolute Gasteiger partial charge is 0.274 e. The van der Waals surface area contributed by atoms with Gasteiger partial charge >= 0.3 is 0 Å². The molecule has 2 aliphatic rings. The van der Waals surface area contributed by atoms with Crippen LogP contribution in [0.5, 0.6) is 0 Å². The fourth-order valence-electron chi connectivity index (χ4n) is 3.81. The molecule has 1 saturated heterocycles. The van der Waals surface area contributed by atoms with E-state index < -0.39 is 0 Å².